The van der Waals surface area contributed by atoms with Crippen molar-refractivity contribution in [2.24, 2.45) is 11.1 Å². The van der Waals surface area contributed by atoms with Gasteiger partial charge in [0.05, 0.1) is 18.8 Å². The van der Waals surface area contributed by atoms with E-state index in [1.165, 1.54) is 0 Å². The molecule has 0 bridgehead atoms. The van der Waals surface area contributed by atoms with Crippen molar-refractivity contribution in [2.45, 2.75) is 31.9 Å². The highest BCUT2D eigenvalue weighted by molar-refractivity contribution is 5.14. The molecule has 3 N–H and O–H groups in total. The molecule has 2 rings (SSSR count). The number of hydrogen-bond acceptors (Lipinski definition) is 3. The van der Waals surface area contributed by atoms with Gasteiger partial charge in [0.2, 0.25) is 0 Å². The molecule has 1 atom stereocenters. The summed E-state index contributed by atoms with van der Waals surface area (Å²) in [6.07, 6.45) is 8.09. The van der Waals surface area contributed by atoms with Crippen LogP contribution in [0.2, 0.25) is 0 Å². The summed E-state index contributed by atoms with van der Waals surface area (Å²) >= 11 is 0. The first kappa shape index (κ1) is 11.4. The van der Waals surface area contributed by atoms with Crippen molar-refractivity contribution in [3.8, 4) is 0 Å². The third kappa shape index (κ3) is 1.79. The van der Waals surface area contributed by atoms with E-state index in [4.69, 9.17) is 5.73 Å². The summed E-state index contributed by atoms with van der Waals surface area (Å²) in [7, 11) is 0. The second-order valence-electron chi connectivity index (χ2n) is 4.61. The molecule has 0 aliphatic heterocycles. The van der Waals surface area contributed by atoms with Gasteiger partial charge in [-0.05, 0) is 12.8 Å². The van der Waals surface area contributed by atoms with E-state index in [0.717, 1.165) is 24.8 Å². The van der Waals surface area contributed by atoms with E-state index in [1.807, 2.05) is 6.20 Å². The van der Waals surface area contributed by atoms with Crippen LogP contribution in [-0.2, 0) is 6.54 Å². The number of hydrogen-bond donors (Lipinski definition) is 2. The summed E-state index contributed by atoms with van der Waals surface area (Å²) in [5, 5.41) is 14.5. The van der Waals surface area contributed by atoms with Crippen LogP contribution in [0.1, 0.15) is 30.9 Å². The second kappa shape index (κ2) is 4.39. The number of nitrogens with zero attached hydrogens (tertiary/aromatic N) is 2. The van der Waals surface area contributed by atoms with Gasteiger partial charge in [-0.3, -0.25) is 4.68 Å². The maximum Gasteiger partial charge on any atom is 0.0888 e. The van der Waals surface area contributed by atoms with Crippen LogP contribution in [0.4, 0.5) is 0 Å². The third-order valence-corrected chi connectivity index (χ3v) is 3.62. The molecule has 1 saturated carbocycles. The smallest absolute Gasteiger partial charge is 0.0888 e. The van der Waals surface area contributed by atoms with Crippen molar-refractivity contribution in [3.05, 3.63) is 30.6 Å². The van der Waals surface area contributed by atoms with Crippen molar-refractivity contribution < 1.29 is 5.11 Å². The monoisotopic (exact) mass is 221 g/mol. The first-order chi connectivity index (χ1) is 7.72. The van der Waals surface area contributed by atoms with Crippen LogP contribution in [0.3, 0.4) is 0 Å². The van der Waals surface area contributed by atoms with E-state index in [2.05, 4.69) is 11.7 Å². The number of allylic oxidation sites excluding steroid dienone is 1. The molecule has 1 aliphatic rings. The molecule has 0 amide bonds. The molecule has 0 aromatic carbocycles. The summed E-state index contributed by atoms with van der Waals surface area (Å²) in [4.78, 5) is 0. The Balaban J connectivity index is 2.13. The average Bonchev–Trinajstić information content (AvgIpc) is 2.66. The van der Waals surface area contributed by atoms with Gasteiger partial charge < -0.3 is 10.8 Å². The van der Waals surface area contributed by atoms with Gasteiger partial charge in [-0.2, -0.15) is 5.10 Å². The summed E-state index contributed by atoms with van der Waals surface area (Å²) < 4.78 is 1.77. The quantitative estimate of drug-likeness (QED) is 0.735. The highest BCUT2D eigenvalue weighted by Crippen LogP contribution is 2.49. The van der Waals surface area contributed by atoms with Crippen molar-refractivity contribution in [2.75, 3.05) is 6.54 Å². The Hall–Kier alpha value is -1.13. The number of aliphatic hydroxyl groups excluding tert-OH is 1. The Morgan fingerprint density at radius 3 is 2.94 bits per heavy atom. The predicted molar refractivity (Wildman–Crippen MR) is 62.7 cm³/mol. The molecule has 1 aromatic heterocycles. The molecule has 1 aliphatic carbocycles. The van der Waals surface area contributed by atoms with Crippen molar-refractivity contribution in [1.82, 2.24) is 9.78 Å². The van der Waals surface area contributed by atoms with Crippen LogP contribution >= 0.6 is 0 Å². The van der Waals surface area contributed by atoms with E-state index in [9.17, 15) is 5.11 Å². The van der Waals surface area contributed by atoms with Gasteiger partial charge in [-0.25, -0.2) is 0 Å². The normalized spacial score (nSPS) is 20.1. The van der Waals surface area contributed by atoms with E-state index >= 15 is 0 Å². The number of aliphatic hydroxyl groups is 1. The molecular weight excluding hydrogens is 202 g/mol. The van der Waals surface area contributed by atoms with Gasteiger partial charge in [-0.1, -0.05) is 12.5 Å². The lowest BCUT2D eigenvalue weighted by Gasteiger charge is -2.44. The fraction of sp³-hybridized carbons (Fsp3) is 0.583. The average molecular weight is 221 g/mol. The lowest BCUT2D eigenvalue weighted by atomic mass is 9.64. The fourth-order valence-corrected chi connectivity index (χ4v) is 2.33. The van der Waals surface area contributed by atoms with E-state index in [0.29, 0.717) is 13.1 Å². The molecule has 4 heteroatoms. The fourth-order valence-electron chi connectivity index (χ4n) is 2.33. The summed E-state index contributed by atoms with van der Waals surface area (Å²) in [5.74, 6) is 0. The largest absolute Gasteiger partial charge is 0.388 e. The van der Waals surface area contributed by atoms with Gasteiger partial charge >= 0.3 is 0 Å². The molecule has 88 valence electrons. The van der Waals surface area contributed by atoms with Crippen LogP contribution in [0.5, 0.6) is 0 Å². The standard InChI is InChI=1S/C12H19N3O/c1-2-6-15-8-10(7-14-15)11(16)12(9-13)4-3-5-12/h2,7-8,11,16H,1,3-6,9,13H2/t11-/m0/s1. The maximum atomic E-state index is 10.3. The molecule has 16 heavy (non-hydrogen) atoms. The lowest BCUT2D eigenvalue weighted by molar-refractivity contribution is -0.0297. The zero-order valence-corrected chi connectivity index (χ0v) is 9.47. The summed E-state index contributed by atoms with van der Waals surface area (Å²) in [5.41, 5.74) is 6.53. The Bertz CT molecular complexity index is 363. The summed E-state index contributed by atoms with van der Waals surface area (Å²) in [6.45, 7) is 4.87. The predicted octanol–water partition coefficient (Wildman–Crippen LogP) is 1.23. The molecule has 1 fully saturated rings. The Morgan fingerprint density at radius 2 is 2.44 bits per heavy atom. The zero-order valence-electron chi connectivity index (χ0n) is 9.47. The topological polar surface area (TPSA) is 64.1 Å². The minimum absolute atomic E-state index is 0.109. The first-order valence-corrected chi connectivity index (χ1v) is 5.73. The SMILES string of the molecule is C=CCn1cc([C@H](O)C2(CN)CCC2)cn1. The first-order valence-electron chi connectivity index (χ1n) is 5.73. The van der Waals surface area contributed by atoms with Crippen molar-refractivity contribution >= 4 is 0 Å². The number of rotatable bonds is 5. The minimum Gasteiger partial charge on any atom is -0.388 e. The van der Waals surface area contributed by atoms with Gasteiger partial charge in [0.15, 0.2) is 0 Å². The molecule has 1 aromatic rings. The maximum absolute atomic E-state index is 10.3. The molecule has 0 unspecified atom stereocenters. The van der Waals surface area contributed by atoms with Crippen LogP contribution in [0.25, 0.3) is 0 Å². The van der Waals surface area contributed by atoms with E-state index < -0.39 is 6.10 Å². The minimum atomic E-state index is -0.482. The number of nitrogens with two attached hydrogens (primary N) is 1. The van der Waals surface area contributed by atoms with Gasteiger partial charge in [0.1, 0.15) is 0 Å². The van der Waals surface area contributed by atoms with Gasteiger partial charge in [0.25, 0.3) is 0 Å². The van der Waals surface area contributed by atoms with E-state index in [1.54, 1.807) is 17.0 Å². The lowest BCUT2D eigenvalue weighted by Crippen LogP contribution is -2.42. The Labute approximate surface area is 95.8 Å². The van der Waals surface area contributed by atoms with Crippen LogP contribution < -0.4 is 5.73 Å². The van der Waals surface area contributed by atoms with Gasteiger partial charge in [-0.15, -0.1) is 6.58 Å². The highest BCUT2D eigenvalue weighted by Gasteiger charge is 2.43. The second-order valence-corrected chi connectivity index (χ2v) is 4.61. The number of aromatic nitrogens is 2. The van der Waals surface area contributed by atoms with Crippen molar-refractivity contribution in [3.63, 3.8) is 0 Å². The van der Waals surface area contributed by atoms with Crippen molar-refractivity contribution in [1.29, 1.82) is 0 Å². The summed E-state index contributed by atoms with van der Waals surface area (Å²) in [6, 6.07) is 0. The molecule has 0 spiro atoms. The van der Waals surface area contributed by atoms with Crippen LogP contribution in [0, 0.1) is 5.41 Å². The van der Waals surface area contributed by atoms with Crippen LogP contribution in [0.15, 0.2) is 25.0 Å². The molecular formula is C12H19N3O. The zero-order chi connectivity index (χ0) is 11.6. The van der Waals surface area contributed by atoms with Crippen LogP contribution in [-0.4, -0.2) is 21.4 Å². The highest BCUT2D eigenvalue weighted by atomic mass is 16.3. The molecule has 1 heterocycles. The Kier molecular flexibility index (Phi) is 3.12. The molecule has 4 nitrogen and oxygen atoms in total. The molecule has 0 saturated heterocycles. The molecule has 0 radical (unpaired) electrons. The third-order valence-electron chi connectivity index (χ3n) is 3.62. The van der Waals surface area contributed by atoms with Gasteiger partial charge in [0, 0.05) is 23.7 Å². The van der Waals surface area contributed by atoms with E-state index in [-0.39, 0.29) is 5.41 Å². The Morgan fingerprint density at radius 1 is 1.69 bits per heavy atom.